The number of esters is 1. The zero-order chi connectivity index (χ0) is 20.7. The molecule has 0 saturated heterocycles. The molecule has 0 aliphatic carbocycles. The summed E-state index contributed by atoms with van der Waals surface area (Å²) >= 11 is 4.82. The van der Waals surface area contributed by atoms with Crippen molar-refractivity contribution in [1.29, 1.82) is 0 Å². The number of hydrogen-bond donors (Lipinski definition) is 3. The normalized spacial score (nSPS) is 14.0. The van der Waals surface area contributed by atoms with Crippen LogP contribution in [0.5, 0.6) is 0 Å². The summed E-state index contributed by atoms with van der Waals surface area (Å²) in [6, 6.07) is -1.83. The molecular formula is C17H31N3O5S. The van der Waals surface area contributed by atoms with Crippen LogP contribution in [0.2, 0.25) is 0 Å². The molecule has 0 aromatic heterocycles. The Hall–Kier alpha value is -1.90. The number of nitrogens with two attached hydrogens (primary N) is 1. The summed E-state index contributed by atoms with van der Waals surface area (Å²) in [6.45, 7) is 11.8. The number of nitrogens with one attached hydrogen (secondary N) is 2. The first-order valence-corrected chi connectivity index (χ1v) is 8.82. The zero-order valence-corrected chi connectivity index (χ0v) is 17.4. The van der Waals surface area contributed by atoms with Crippen LogP contribution in [-0.2, 0) is 19.1 Å². The van der Waals surface area contributed by atoms with E-state index >= 15 is 0 Å². The van der Waals surface area contributed by atoms with Crippen molar-refractivity contribution in [3.63, 3.8) is 0 Å². The van der Waals surface area contributed by atoms with Gasteiger partial charge in [-0.1, -0.05) is 12.2 Å². The molecule has 0 fully saturated rings. The maximum absolute atomic E-state index is 12.3. The molecule has 8 nitrogen and oxygen atoms in total. The van der Waals surface area contributed by atoms with Gasteiger partial charge in [-0.3, -0.25) is 4.79 Å². The Morgan fingerprint density at radius 2 is 1.50 bits per heavy atom. The minimum absolute atomic E-state index is 0.204. The smallest absolute Gasteiger partial charge is 0.408 e. The predicted octanol–water partition coefficient (Wildman–Crippen LogP) is 1.79. The Balaban J connectivity index is 4.90. The van der Waals surface area contributed by atoms with Crippen LogP contribution >= 0.6 is 12.2 Å². The number of hydrogen-bond acceptors (Lipinski definition) is 6. The standard InChI is InChI=1S/C17H31N3O5S/c1-10(19-15(23)25-17(5,6)7)13(21)20-11(8-9-12(18)26)14(22)24-16(2,3)4/h10-11H,8-9H2,1-7H3,(H2,18,26)(H,19,23)(H,20,21)/t10-,11-/m1/s1. The molecule has 0 radical (unpaired) electrons. The van der Waals surface area contributed by atoms with Crippen molar-refractivity contribution in [2.24, 2.45) is 5.73 Å². The molecule has 0 heterocycles. The number of alkyl carbamates (subject to hydrolysis) is 1. The Bertz CT molecular complexity index is 537. The SMILES string of the molecule is C[C@@H](NC(=O)OC(C)(C)C)C(=O)N[C@H](CCC(N)=S)C(=O)OC(C)(C)C. The Morgan fingerprint density at radius 1 is 1.00 bits per heavy atom. The highest BCUT2D eigenvalue weighted by Gasteiger charge is 2.29. The molecule has 2 amide bonds. The van der Waals surface area contributed by atoms with Crippen LogP contribution < -0.4 is 16.4 Å². The summed E-state index contributed by atoms with van der Waals surface area (Å²) in [5.41, 5.74) is 4.09. The molecule has 0 aromatic carbocycles. The fourth-order valence-corrected chi connectivity index (χ4v) is 1.87. The molecule has 2 atom stereocenters. The van der Waals surface area contributed by atoms with E-state index in [-0.39, 0.29) is 17.8 Å². The molecule has 150 valence electrons. The quantitative estimate of drug-likeness (QED) is 0.448. The first-order chi connectivity index (χ1) is 11.6. The molecule has 0 unspecified atom stereocenters. The van der Waals surface area contributed by atoms with Gasteiger partial charge in [-0.15, -0.1) is 0 Å². The lowest BCUT2D eigenvalue weighted by atomic mass is 10.1. The first-order valence-electron chi connectivity index (χ1n) is 8.42. The Morgan fingerprint density at radius 3 is 1.92 bits per heavy atom. The molecule has 0 aliphatic heterocycles. The summed E-state index contributed by atoms with van der Waals surface area (Å²) in [6.07, 6.45) is -0.250. The van der Waals surface area contributed by atoms with Crippen LogP contribution in [0, 0.1) is 0 Å². The molecular weight excluding hydrogens is 358 g/mol. The molecule has 0 aromatic rings. The third-order valence-electron chi connectivity index (χ3n) is 2.81. The van der Waals surface area contributed by atoms with Crippen molar-refractivity contribution >= 4 is 35.2 Å². The van der Waals surface area contributed by atoms with Gasteiger partial charge in [-0.2, -0.15) is 0 Å². The van der Waals surface area contributed by atoms with Crippen LogP contribution in [0.25, 0.3) is 0 Å². The van der Waals surface area contributed by atoms with Crippen molar-refractivity contribution in [2.75, 3.05) is 0 Å². The molecule has 4 N–H and O–H groups in total. The third-order valence-corrected chi connectivity index (χ3v) is 3.02. The fourth-order valence-electron chi connectivity index (χ4n) is 1.76. The van der Waals surface area contributed by atoms with E-state index in [0.29, 0.717) is 0 Å². The maximum atomic E-state index is 12.3. The summed E-state index contributed by atoms with van der Waals surface area (Å²) in [7, 11) is 0. The number of thiocarbonyl (C=S) groups is 1. The summed E-state index contributed by atoms with van der Waals surface area (Å²) in [5, 5.41) is 4.98. The van der Waals surface area contributed by atoms with Crippen molar-refractivity contribution in [3.05, 3.63) is 0 Å². The minimum atomic E-state index is -0.925. The van der Waals surface area contributed by atoms with E-state index in [2.05, 4.69) is 10.6 Å². The molecule has 0 saturated carbocycles. The highest BCUT2D eigenvalue weighted by Crippen LogP contribution is 2.11. The van der Waals surface area contributed by atoms with Crippen molar-refractivity contribution in [1.82, 2.24) is 10.6 Å². The van der Waals surface area contributed by atoms with Gasteiger partial charge in [0.05, 0.1) is 4.99 Å². The third kappa shape index (κ3) is 11.6. The van der Waals surface area contributed by atoms with E-state index in [4.69, 9.17) is 27.4 Å². The van der Waals surface area contributed by atoms with Crippen molar-refractivity contribution in [2.45, 2.75) is 84.6 Å². The van der Waals surface area contributed by atoms with Gasteiger partial charge in [0.1, 0.15) is 23.3 Å². The topological polar surface area (TPSA) is 120 Å². The molecule has 0 aliphatic rings. The van der Waals surface area contributed by atoms with Crippen LogP contribution in [0.4, 0.5) is 4.79 Å². The molecule has 0 rings (SSSR count). The molecule has 26 heavy (non-hydrogen) atoms. The van der Waals surface area contributed by atoms with Gasteiger partial charge < -0.3 is 25.8 Å². The summed E-state index contributed by atoms with van der Waals surface area (Å²) in [4.78, 5) is 36.6. The van der Waals surface area contributed by atoms with Crippen LogP contribution in [-0.4, -0.2) is 46.2 Å². The van der Waals surface area contributed by atoms with E-state index in [0.717, 1.165) is 0 Å². The minimum Gasteiger partial charge on any atom is -0.458 e. The van der Waals surface area contributed by atoms with Crippen molar-refractivity contribution < 1.29 is 23.9 Å². The molecule has 0 bridgehead atoms. The fraction of sp³-hybridized carbons (Fsp3) is 0.765. The second kappa shape index (κ2) is 9.70. The maximum Gasteiger partial charge on any atom is 0.408 e. The number of ether oxygens (including phenoxy) is 2. The second-order valence-corrected chi connectivity index (χ2v) is 8.49. The lowest BCUT2D eigenvalue weighted by Crippen LogP contribution is -2.52. The van der Waals surface area contributed by atoms with Gasteiger partial charge in [0, 0.05) is 6.42 Å². The highest BCUT2D eigenvalue weighted by molar-refractivity contribution is 7.80. The lowest BCUT2D eigenvalue weighted by molar-refractivity contribution is -0.158. The van der Waals surface area contributed by atoms with Crippen LogP contribution in [0.3, 0.4) is 0 Å². The monoisotopic (exact) mass is 389 g/mol. The summed E-state index contributed by atoms with van der Waals surface area (Å²) in [5.74, 6) is -1.14. The van der Waals surface area contributed by atoms with E-state index in [1.54, 1.807) is 41.5 Å². The van der Waals surface area contributed by atoms with E-state index in [1.807, 2.05) is 0 Å². The van der Waals surface area contributed by atoms with Gasteiger partial charge in [-0.25, -0.2) is 9.59 Å². The van der Waals surface area contributed by atoms with E-state index in [9.17, 15) is 14.4 Å². The second-order valence-electron chi connectivity index (χ2n) is 7.97. The van der Waals surface area contributed by atoms with E-state index < -0.39 is 41.3 Å². The number of amides is 2. The Labute approximate surface area is 160 Å². The average Bonchev–Trinajstić information content (AvgIpc) is 2.38. The van der Waals surface area contributed by atoms with Gasteiger partial charge >= 0.3 is 12.1 Å². The molecule has 0 spiro atoms. The average molecular weight is 390 g/mol. The van der Waals surface area contributed by atoms with Gasteiger partial charge in [0.15, 0.2) is 0 Å². The van der Waals surface area contributed by atoms with E-state index in [1.165, 1.54) is 6.92 Å². The Kier molecular flexibility index (Phi) is 8.99. The van der Waals surface area contributed by atoms with Crippen LogP contribution in [0.1, 0.15) is 61.3 Å². The van der Waals surface area contributed by atoms with Crippen molar-refractivity contribution in [3.8, 4) is 0 Å². The van der Waals surface area contributed by atoms with Gasteiger partial charge in [0.25, 0.3) is 0 Å². The zero-order valence-electron chi connectivity index (χ0n) is 16.6. The largest absolute Gasteiger partial charge is 0.458 e. The van der Waals surface area contributed by atoms with Gasteiger partial charge in [0.2, 0.25) is 5.91 Å². The highest BCUT2D eigenvalue weighted by atomic mass is 32.1. The molecule has 9 heteroatoms. The van der Waals surface area contributed by atoms with Crippen LogP contribution in [0.15, 0.2) is 0 Å². The number of carbonyl (C=O) groups excluding carboxylic acids is 3. The number of carbonyl (C=O) groups is 3. The number of rotatable bonds is 7. The first kappa shape index (κ1) is 24.1. The lowest BCUT2D eigenvalue weighted by Gasteiger charge is -2.26. The predicted molar refractivity (Wildman–Crippen MR) is 103 cm³/mol. The summed E-state index contributed by atoms with van der Waals surface area (Å²) < 4.78 is 10.4. The van der Waals surface area contributed by atoms with Gasteiger partial charge in [-0.05, 0) is 54.9 Å².